The van der Waals surface area contributed by atoms with E-state index in [1.54, 1.807) is 12.3 Å². The second kappa shape index (κ2) is 8.93. The number of aromatic nitrogens is 3. The monoisotopic (exact) mass is 438 g/mol. The Morgan fingerprint density at radius 3 is 2.96 bits per heavy atom. The summed E-state index contributed by atoms with van der Waals surface area (Å²) in [6, 6.07) is 1.90. The van der Waals surface area contributed by atoms with Crippen LogP contribution in [0.2, 0.25) is 10.2 Å². The first kappa shape index (κ1) is 20.0. The highest BCUT2D eigenvalue weighted by molar-refractivity contribution is 7.16. The molecule has 0 spiro atoms. The number of pyridine rings is 1. The Kier molecular flexibility index (Phi) is 6.60. The van der Waals surface area contributed by atoms with Gasteiger partial charge in [-0.25, -0.2) is 9.97 Å². The Morgan fingerprint density at radius 1 is 1.41 bits per heavy atom. The quantitative estimate of drug-likeness (QED) is 0.409. The number of rotatable bonds is 7. The van der Waals surface area contributed by atoms with Gasteiger partial charge in [-0.3, -0.25) is 0 Å². The average molecular weight is 440 g/mol. The summed E-state index contributed by atoms with van der Waals surface area (Å²) in [4.78, 5) is 12.8. The minimum absolute atomic E-state index is 0.484. The molecule has 0 saturated heterocycles. The standard InChI is InChI=1S/C19H17Cl3N4S/c1-3-5-11(15(21)4-2)8-25-19-26-17(22)16(27-19)6-12-9-23-18-14(12)7-13(20)10-24-18/h3-5,7,9-10H,2,6,8H2,1H3,(H,23,24)(H,25,26)/b5-3-,15-11-. The van der Waals surface area contributed by atoms with Crippen LogP contribution in [0.15, 0.2) is 53.9 Å². The smallest absolute Gasteiger partial charge is 0.184 e. The Morgan fingerprint density at radius 2 is 2.22 bits per heavy atom. The fourth-order valence-corrected chi connectivity index (χ4v) is 4.07. The zero-order valence-corrected chi connectivity index (χ0v) is 17.6. The van der Waals surface area contributed by atoms with E-state index in [-0.39, 0.29) is 0 Å². The predicted molar refractivity (Wildman–Crippen MR) is 117 cm³/mol. The summed E-state index contributed by atoms with van der Waals surface area (Å²) in [7, 11) is 0. The zero-order valence-electron chi connectivity index (χ0n) is 14.5. The van der Waals surface area contributed by atoms with Gasteiger partial charge < -0.3 is 10.3 Å². The van der Waals surface area contributed by atoms with Crippen LogP contribution in [-0.2, 0) is 6.42 Å². The summed E-state index contributed by atoms with van der Waals surface area (Å²) < 4.78 is 0. The van der Waals surface area contributed by atoms with Gasteiger partial charge in [-0.2, -0.15) is 0 Å². The van der Waals surface area contributed by atoms with E-state index in [0.717, 1.165) is 32.2 Å². The van der Waals surface area contributed by atoms with Gasteiger partial charge in [-0.05, 0) is 24.1 Å². The summed E-state index contributed by atoms with van der Waals surface area (Å²) in [6.07, 6.45) is 9.68. The van der Waals surface area contributed by atoms with Gasteiger partial charge in [0.25, 0.3) is 0 Å². The summed E-state index contributed by atoms with van der Waals surface area (Å²) in [5.74, 6) is 0. The Labute approximate surface area is 176 Å². The van der Waals surface area contributed by atoms with Crippen LogP contribution >= 0.6 is 46.1 Å². The van der Waals surface area contributed by atoms with Crippen LogP contribution in [0, 0.1) is 0 Å². The second-order valence-corrected chi connectivity index (χ2v) is 7.99. The normalized spacial score (nSPS) is 12.6. The lowest BCUT2D eigenvalue weighted by atomic mass is 10.1. The Balaban J connectivity index is 1.78. The first-order chi connectivity index (χ1) is 13.0. The molecule has 8 heteroatoms. The van der Waals surface area contributed by atoms with E-state index in [9.17, 15) is 0 Å². The topological polar surface area (TPSA) is 53.6 Å². The maximum Gasteiger partial charge on any atom is 0.184 e. The first-order valence-corrected chi connectivity index (χ1v) is 10.1. The average Bonchev–Trinajstić information content (AvgIpc) is 3.21. The van der Waals surface area contributed by atoms with Crippen molar-refractivity contribution in [1.82, 2.24) is 15.0 Å². The minimum atomic E-state index is 0.484. The molecule has 0 amide bonds. The molecule has 140 valence electrons. The molecule has 0 aliphatic carbocycles. The van der Waals surface area contributed by atoms with Gasteiger partial charge in [0.1, 0.15) is 10.8 Å². The van der Waals surface area contributed by atoms with Crippen molar-refractivity contribution in [3.8, 4) is 0 Å². The van der Waals surface area contributed by atoms with Crippen LogP contribution in [0.4, 0.5) is 5.13 Å². The maximum absolute atomic E-state index is 6.35. The maximum atomic E-state index is 6.35. The zero-order chi connectivity index (χ0) is 19.4. The highest BCUT2D eigenvalue weighted by Gasteiger charge is 2.13. The molecule has 0 aliphatic heterocycles. The van der Waals surface area contributed by atoms with Crippen LogP contribution in [0.3, 0.4) is 0 Å². The lowest BCUT2D eigenvalue weighted by molar-refractivity contribution is 1.20. The number of halogens is 3. The van der Waals surface area contributed by atoms with Gasteiger partial charge >= 0.3 is 0 Å². The third-order valence-corrected chi connectivity index (χ3v) is 5.91. The number of allylic oxidation sites excluding steroid dienone is 3. The Bertz CT molecular complexity index is 1030. The van der Waals surface area contributed by atoms with Crippen molar-refractivity contribution in [2.75, 3.05) is 11.9 Å². The van der Waals surface area contributed by atoms with E-state index in [1.807, 2.05) is 31.3 Å². The molecule has 3 rings (SSSR count). The second-order valence-electron chi connectivity index (χ2n) is 5.70. The molecule has 4 nitrogen and oxygen atoms in total. The molecule has 0 aromatic carbocycles. The molecule has 3 aromatic rings. The van der Waals surface area contributed by atoms with Crippen LogP contribution in [0.1, 0.15) is 17.4 Å². The van der Waals surface area contributed by atoms with Crippen LogP contribution in [0.25, 0.3) is 11.0 Å². The van der Waals surface area contributed by atoms with Gasteiger partial charge in [-0.15, -0.1) is 11.3 Å². The number of nitrogens with one attached hydrogen (secondary N) is 2. The number of aromatic amines is 1. The number of thiazole rings is 1. The van der Waals surface area contributed by atoms with Crippen molar-refractivity contribution >= 4 is 62.3 Å². The number of anilines is 1. The molecule has 27 heavy (non-hydrogen) atoms. The molecule has 0 bridgehead atoms. The lowest BCUT2D eigenvalue weighted by Gasteiger charge is -2.05. The van der Waals surface area contributed by atoms with Crippen LogP contribution in [0.5, 0.6) is 0 Å². The van der Waals surface area contributed by atoms with E-state index in [1.165, 1.54) is 11.3 Å². The summed E-state index contributed by atoms with van der Waals surface area (Å²) in [5, 5.41) is 6.68. The molecular weight excluding hydrogens is 423 g/mol. The van der Waals surface area contributed by atoms with Crippen molar-refractivity contribution in [3.05, 3.63) is 74.5 Å². The molecule has 0 fully saturated rings. The fourth-order valence-electron chi connectivity index (χ4n) is 2.60. The largest absolute Gasteiger partial charge is 0.357 e. The van der Waals surface area contributed by atoms with Crippen molar-refractivity contribution in [3.63, 3.8) is 0 Å². The SMILES string of the molecule is C=C/C(Cl)=C(\C=C/C)CNc1nc(Cl)c(Cc2c[nH]c3ncc(Cl)cc23)s1. The van der Waals surface area contributed by atoms with Crippen molar-refractivity contribution in [1.29, 1.82) is 0 Å². The van der Waals surface area contributed by atoms with Gasteiger partial charge in [0.05, 0.1) is 9.90 Å². The predicted octanol–water partition coefficient (Wildman–Crippen LogP) is 6.58. The highest BCUT2D eigenvalue weighted by atomic mass is 35.5. The molecule has 0 unspecified atom stereocenters. The lowest BCUT2D eigenvalue weighted by Crippen LogP contribution is -2.04. The third-order valence-electron chi connectivity index (χ3n) is 3.87. The van der Waals surface area contributed by atoms with E-state index in [0.29, 0.717) is 28.2 Å². The number of hydrogen-bond donors (Lipinski definition) is 2. The van der Waals surface area contributed by atoms with Gasteiger partial charge in [0.2, 0.25) is 0 Å². The highest BCUT2D eigenvalue weighted by Crippen LogP contribution is 2.31. The molecule has 0 atom stereocenters. The number of H-pyrrole nitrogens is 1. The van der Waals surface area contributed by atoms with Crippen molar-refractivity contribution in [2.24, 2.45) is 0 Å². The number of hydrogen-bond acceptors (Lipinski definition) is 4. The van der Waals surface area contributed by atoms with Gasteiger partial charge in [0, 0.05) is 35.8 Å². The minimum Gasteiger partial charge on any atom is -0.357 e. The van der Waals surface area contributed by atoms with Crippen LogP contribution < -0.4 is 5.32 Å². The Hall–Kier alpha value is -1.79. The summed E-state index contributed by atoms with van der Waals surface area (Å²) >= 11 is 20.1. The number of nitrogens with zero attached hydrogens (tertiary/aromatic N) is 2. The first-order valence-electron chi connectivity index (χ1n) is 8.16. The fraction of sp³-hybridized carbons (Fsp3) is 0.158. The molecule has 2 N–H and O–H groups in total. The molecule has 3 aromatic heterocycles. The van der Waals surface area contributed by atoms with Gasteiger partial charge in [0.15, 0.2) is 5.13 Å². The van der Waals surface area contributed by atoms with E-state index < -0.39 is 0 Å². The molecule has 0 aliphatic rings. The summed E-state index contributed by atoms with van der Waals surface area (Å²) in [5.41, 5.74) is 2.80. The van der Waals surface area contributed by atoms with Crippen molar-refractivity contribution in [2.45, 2.75) is 13.3 Å². The van der Waals surface area contributed by atoms with E-state index in [2.05, 4.69) is 26.8 Å². The third kappa shape index (κ3) is 4.74. The van der Waals surface area contributed by atoms with E-state index in [4.69, 9.17) is 34.8 Å². The molecule has 3 heterocycles. The van der Waals surface area contributed by atoms with Crippen LogP contribution in [-0.4, -0.2) is 21.5 Å². The number of fused-ring (bicyclic) bond motifs is 1. The van der Waals surface area contributed by atoms with Gasteiger partial charge in [-0.1, -0.05) is 59.6 Å². The molecule has 0 radical (unpaired) electrons. The summed E-state index contributed by atoms with van der Waals surface area (Å²) in [6.45, 7) is 6.18. The van der Waals surface area contributed by atoms with E-state index >= 15 is 0 Å². The van der Waals surface area contributed by atoms with Crippen molar-refractivity contribution < 1.29 is 0 Å². The molecule has 0 saturated carbocycles. The molecular formula is C19H17Cl3N4S.